The second-order valence-electron chi connectivity index (χ2n) is 9.63. The topological polar surface area (TPSA) is 48.1 Å². The summed E-state index contributed by atoms with van der Waals surface area (Å²) in [5, 5.41) is 9.42. The minimum atomic E-state index is -0.732. The van der Waals surface area contributed by atoms with E-state index < -0.39 is 23.5 Å². The summed E-state index contributed by atoms with van der Waals surface area (Å²) in [5.74, 6) is -1.67. The molecule has 1 aliphatic rings. The van der Waals surface area contributed by atoms with E-state index in [1.54, 1.807) is 24.4 Å². The van der Waals surface area contributed by atoms with Crippen LogP contribution in [-0.4, -0.2) is 39.6 Å². The number of hydrogen-bond acceptors (Lipinski definition) is 4. The van der Waals surface area contributed by atoms with E-state index in [9.17, 15) is 9.65 Å². The minimum absolute atomic E-state index is 0.0400. The zero-order valence-corrected chi connectivity index (χ0v) is 21.3. The van der Waals surface area contributed by atoms with E-state index >= 15 is 8.78 Å². The lowest BCUT2D eigenvalue weighted by atomic mass is 9.91. The number of halogens is 3. The molecule has 1 fully saturated rings. The number of nitriles is 1. The van der Waals surface area contributed by atoms with Gasteiger partial charge in [0.2, 0.25) is 0 Å². The van der Waals surface area contributed by atoms with Gasteiger partial charge in [-0.3, -0.25) is 4.90 Å². The molecule has 3 atom stereocenters. The molecule has 0 N–H and O–H groups in total. The third kappa shape index (κ3) is 4.44. The molecule has 0 bridgehead atoms. The van der Waals surface area contributed by atoms with Crippen LogP contribution in [0.1, 0.15) is 43.1 Å². The molecule has 8 heteroatoms. The Bertz CT molecular complexity index is 1500. The number of piperazine rings is 1. The maximum Gasteiger partial charge on any atom is 0.141 e. The SMILES string of the molecule is C=Cn1cc(N2CC(CC)N(C(c3ccc(F)cc3)c3c(F)cccc3F)CC2C)c2nc(C#N)ccc21. The summed E-state index contributed by atoms with van der Waals surface area (Å²) in [5.41, 5.74) is 3.33. The van der Waals surface area contributed by atoms with Crippen LogP contribution in [-0.2, 0) is 0 Å². The van der Waals surface area contributed by atoms with Gasteiger partial charge in [-0.05, 0) is 55.3 Å². The highest BCUT2D eigenvalue weighted by atomic mass is 19.1. The first-order valence-electron chi connectivity index (χ1n) is 12.6. The van der Waals surface area contributed by atoms with Gasteiger partial charge in [0, 0.05) is 43.1 Å². The lowest BCUT2D eigenvalue weighted by Gasteiger charge is -2.49. The summed E-state index contributed by atoms with van der Waals surface area (Å²) in [7, 11) is 0. The third-order valence-corrected chi connectivity index (χ3v) is 7.42. The molecule has 0 aliphatic carbocycles. The molecule has 2 aromatic carbocycles. The molecule has 0 amide bonds. The van der Waals surface area contributed by atoms with Crippen LogP contribution in [0.4, 0.5) is 18.9 Å². The quantitative estimate of drug-likeness (QED) is 0.294. The van der Waals surface area contributed by atoms with Crippen molar-refractivity contribution in [1.29, 1.82) is 5.26 Å². The monoisotopic (exact) mass is 515 g/mol. The molecule has 2 aromatic heterocycles. The number of nitrogens with zero attached hydrogens (tertiary/aromatic N) is 5. The molecule has 0 radical (unpaired) electrons. The number of fused-ring (bicyclic) bond motifs is 1. The molecule has 194 valence electrons. The minimum Gasteiger partial charge on any atom is -0.363 e. The van der Waals surface area contributed by atoms with Crippen LogP contribution in [0.15, 0.2) is 67.4 Å². The van der Waals surface area contributed by atoms with Crippen molar-refractivity contribution in [3.05, 3.63) is 102 Å². The zero-order valence-electron chi connectivity index (χ0n) is 21.3. The zero-order chi connectivity index (χ0) is 27.0. The van der Waals surface area contributed by atoms with Crippen LogP contribution in [0.2, 0.25) is 0 Å². The van der Waals surface area contributed by atoms with Gasteiger partial charge in [0.05, 0.1) is 17.2 Å². The number of benzene rings is 2. The number of pyridine rings is 1. The van der Waals surface area contributed by atoms with Gasteiger partial charge in [-0.2, -0.15) is 5.26 Å². The van der Waals surface area contributed by atoms with Crippen molar-refractivity contribution >= 4 is 22.9 Å². The summed E-state index contributed by atoms with van der Waals surface area (Å²) in [6, 6.07) is 14.5. The molecule has 4 aromatic rings. The molecular weight excluding hydrogens is 487 g/mol. The molecule has 1 aliphatic heterocycles. The van der Waals surface area contributed by atoms with E-state index in [0.717, 1.165) is 11.2 Å². The van der Waals surface area contributed by atoms with Crippen molar-refractivity contribution < 1.29 is 13.2 Å². The molecule has 3 heterocycles. The van der Waals surface area contributed by atoms with Crippen LogP contribution in [0, 0.1) is 28.8 Å². The van der Waals surface area contributed by atoms with E-state index in [1.807, 2.05) is 23.8 Å². The predicted octanol–water partition coefficient (Wildman–Crippen LogP) is 6.50. The first-order chi connectivity index (χ1) is 18.4. The van der Waals surface area contributed by atoms with E-state index in [-0.39, 0.29) is 17.6 Å². The summed E-state index contributed by atoms with van der Waals surface area (Å²) in [6.07, 6.45) is 4.37. The summed E-state index contributed by atoms with van der Waals surface area (Å²) >= 11 is 0. The molecule has 0 spiro atoms. The number of hydrogen-bond donors (Lipinski definition) is 0. The van der Waals surface area contributed by atoms with Gasteiger partial charge in [0.15, 0.2) is 0 Å². The van der Waals surface area contributed by atoms with Gasteiger partial charge in [-0.1, -0.05) is 31.7 Å². The number of rotatable bonds is 6. The van der Waals surface area contributed by atoms with Crippen LogP contribution >= 0.6 is 0 Å². The van der Waals surface area contributed by atoms with Crippen molar-refractivity contribution in [3.8, 4) is 6.07 Å². The van der Waals surface area contributed by atoms with Gasteiger partial charge in [-0.25, -0.2) is 18.2 Å². The average molecular weight is 516 g/mol. The standard InChI is InChI=1S/C30H28F3N5/c1-4-23-17-37(27-18-36(5-2)26-14-13-22(15-34)35-29(26)27)19(3)16-38(23)30(20-9-11-21(31)12-10-20)28-24(32)7-6-8-25(28)33/h5-14,18-19,23,30H,2,4,16-17H2,1,3H3. The molecule has 3 unspecified atom stereocenters. The van der Waals surface area contributed by atoms with Crippen LogP contribution < -0.4 is 4.90 Å². The predicted molar refractivity (Wildman–Crippen MR) is 143 cm³/mol. The molecule has 0 saturated carbocycles. The van der Waals surface area contributed by atoms with Gasteiger partial charge >= 0.3 is 0 Å². The Morgan fingerprint density at radius 1 is 1.08 bits per heavy atom. The van der Waals surface area contributed by atoms with Crippen LogP contribution in [0.5, 0.6) is 0 Å². The van der Waals surface area contributed by atoms with Crippen molar-refractivity contribution in [2.24, 2.45) is 0 Å². The number of anilines is 1. The fraction of sp³-hybridized carbons (Fsp3) is 0.267. The van der Waals surface area contributed by atoms with E-state index in [1.165, 1.54) is 30.3 Å². The van der Waals surface area contributed by atoms with Crippen LogP contribution in [0.25, 0.3) is 17.2 Å². The Kier molecular flexibility index (Phi) is 6.96. The molecule has 1 saturated heterocycles. The largest absolute Gasteiger partial charge is 0.363 e. The van der Waals surface area contributed by atoms with Gasteiger partial charge in [0.1, 0.15) is 34.7 Å². The third-order valence-electron chi connectivity index (χ3n) is 7.42. The number of aromatic nitrogens is 2. The van der Waals surface area contributed by atoms with E-state index in [4.69, 9.17) is 0 Å². The molecule has 5 nitrogen and oxygen atoms in total. The smallest absolute Gasteiger partial charge is 0.141 e. The highest BCUT2D eigenvalue weighted by Gasteiger charge is 2.39. The second kappa shape index (κ2) is 10.3. The Balaban J connectivity index is 1.59. The lowest BCUT2D eigenvalue weighted by molar-refractivity contribution is 0.112. The summed E-state index contributed by atoms with van der Waals surface area (Å²) in [6.45, 7) is 9.07. The lowest BCUT2D eigenvalue weighted by Crippen LogP contribution is -2.58. The van der Waals surface area contributed by atoms with Crippen molar-refractivity contribution in [2.45, 2.75) is 38.4 Å². The van der Waals surface area contributed by atoms with Gasteiger partial charge in [-0.15, -0.1) is 0 Å². The average Bonchev–Trinajstić information content (AvgIpc) is 3.29. The molecule has 38 heavy (non-hydrogen) atoms. The van der Waals surface area contributed by atoms with Crippen molar-refractivity contribution in [1.82, 2.24) is 14.5 Å². The first-order valence-corrected chi connectivity index (χ1v) is 12.6. The summed E-state index contributed by atoms with van der Waals surface area (Å²) < 4.78 is 46.1. The maximum absolute atomic E-state index is 15.2. The first kappa shape index (κ1) is 25.6. The fourth-order valence-electron chi connectivity index (χ4n) is 5.56. The van der Waals surface area contributed by atoms with Crippen molar-refractivity contribution in [2.75, 3.05) is 18.0 Å². The normalized spacial score (nSPS) is 18.9. The second-order valence-corrected chi connectivity index (χ2v) is 9.63. The Labute approximate surface area is 220 Å². The Morgan fingerprint density at radius 2 is 1.79 bits per heavy atom. The van der Waals surface area contributed by atoms with E-state index in [0.29, 0.717) is 36.3 Å². The van der Waals surface area contributed by atoms with Gasteiger partial charge in [0.25, 0.3) is 0 Å². The van der Waals surface area contributed by atoms with Crippen LogP contribution in [0.3, 0.4) is 0 Å². The maximum atomic E-state index is 15.2. The molecule has 5 rings (SSSR count). The van der Waals surface area contributed by atoms with Crippen molar-refractivity contribution in [3.63, 3.8) is 0 Å². The summed E-state index contributed by atoms with van der Waals surface area (Å²) in [4.78, 5) is 8.94. The fourth-order valence-corrected chi connectivity index (χ4v) is 5.56. The highest BCUT2D eigenvalue weighted by molar-refractivity contribution is 5.92. The Morgan fingerprint density at radius 3 is 2.42 bits per heavy atom. The van der Waals surface area contributed by atoms with Gasteiger partial charge < -0.3 is 9.47 Å². The Hall–Kier alpha value is -4.09. The van der Waals surface area contributed by atoms with E-state index in [2.05, 4.69) is 34.4 Å². The highest BCUT2D eigenvalue weighted by Crippen LogP contribution is 2.39. The molecular formula is C30H28F3N5.